The SMILES string of the molecule is Cc1ccc(-c2scc(NC(=O)c3nc4ccccc4o3)c2OCO)cc1C. The number of nitrogens with zero attached hydrogens (tertiary/aromatic N) is 1. The molecule has 0 saturated carbocycles. The van der Waals surface area contributed by atoms with Gasteiger partial charge in [0.25, 0.3) is 5.89 Å². The van der Waals surface area contributed by atoms with Gasteiger partial charge in [-0.3, -0.25) is 4.79 Å². The minimum absolute atomic E-state index is 0.0323. The molecule has 0 unspecified atom stereocenters. The Morgan fingerprint density at radius 2 is 2.04 bits per heavy atom. The van der Waals surface area contributed by atoms with Crippen molar-refractivity contribution in [1.82, 2.24) is 4.98 Å². The highest BCUT2D eigenvalue weighted by Gasteiger charge is 2.20. The van der Waals surface area contributed by atoms with Crippen LogP contribution in [-0.2, 0) is 0 Å². The number of para-hydroxylation sites is 2. The van der Waals surface area contributed by atoms with Gasteiger partial charge in [-0.2, -0.15) is 0 Å². The van der Waals surface area contributed by atoms with Crippen molar-refractivity contribution < 1.29 is 19.1 Å². The summed E-state index contributed by atoms with van der Waals surface area (Å²) in [4.78, 5) is 17.6. The Morgan fingerprint density at radius 1 is 1.21 bits per heavy atom. The van der Waals surface area contributed by atoms with Crippen molar-refractivity contribution in [2.75, 3.05) is 12.1 Å². The lowest BCUT2D eigenvalue weighted by Gasteiger charge is -2.09. The fourth-order valence-corrected chi connectivity index (χ4v) is 3.81. The van der Waals surface area contributed by atoms with Crippen LogP contribution in [0.5, 0.6) is 5.75 Å². The fourth-order valence-electron chi connectivity index (χ4n) is 2.87. The Balaban J connectivity index is 1.66. The number of ether oxygens (including phenoxy) is 1. The zero-order chi connectivity index (χ0) is 19.7. The second-order valence-corrected chi connectivity index (χ2v) is 7.20. The number of aliphatic hydroxyl groups excluding tert-OH is 1. The van der Waals surface area contributed by atoms with E-state index in [4.69, 9.17) is 9.15 Å². The largest absolute Gasteiger partial charge is 0.464 e. The third-order valence-corrected chi connectivity index (χ3v) is 5.47. The maximum atomic E-state index is 12.6. The van der Waals surface area contributed by atoms with Crippen molar-refractivity contribution >= 4 is 34.0 Å². The molecule has 2 aromatic carbocycles. The number of hydrogen-bond donors (Lipinski definition) is 2. The van der Waals surface area contributed by atoms with Crippen LogP contribution in [-0.4, -0.2) is 22.8 Å². The quantitative estimate of drug-likeness (QED) is 0.477. The van der Waals surface area contributed by atoms with Gasteiger partial charge in [0.2, 0.25) is 0 Å². The standard InChI is InChI=1S/C21H18N2O4S/c1-12-7-8-14(9-13(12)2)19-18(26-11-24)16(10-28-19)22-20(25)21-23-15-5-3-4-6-17(15)27-21/h3-10,24H,11H2,1-2H3,(H,22,25). The highest BCUT2D eigenvalue weighted by atomic mass is 32.1. The Morgan fingerprint density at radius 3 is 2.79 bits per heavy atom. The second kappa shape index (κ2) is 7.46. The minimum atomic E-state index is -0.500. The third-order valence-electron chi connectivity index (χ3n) is 4.46. The Hall–Kier alpha value is -3.16. The highest BCUT2D eigenvalue weighted by Crippen LogP contribution is 2.43. The summed E-state index contributed by atoms with van der Waals surface area (Å²) in [6.07, 6.45) is 0. The van der Waals surface area contributed by atoms with Gasteiger partial charge in [0.1, 0.15) is 5.52 Å². The van der Waals surface area contributed by atoms with Gasteiger partial charge in [-0.15, -0.1) is 11.3 Å². The first-order valence-electron chi connectivity index (χ1n) is 8.66. The number of benzene rings is 2. The van der Waals surface area contributed by atoms with E-state index < -0.39 is 12.7 Å². The number of aryl methyl sites for hydroxylation is 2. The van der Waals surface area contributed by atoms with Gasteiger partial charge < -0.3 is 19.6 Å². The van der Waals surface area contributed by atoms with Crippen LogP contribution in [0.15, 0.2) is 52.3 Å². The average Bonchev–Trinajstić information content (AvgIpc) is 3.29. The molecule has 0 radical (unpaired) electrons. The van der Waals surface area contributed by atoms with Crippen LogP contribution in [0.4, 0.5) is 5.69 Å². The van der Waals surface area contributed by atoms with Crippen LogP contribution in [0.1, 0.15) is 21.8 Å². The lowest BCUT2D eigenvalue weighted by Crippen LogP contribution is -2.12. The molecule has 0 saturated heterocycles. The first-order chi connectivity index (χ1) is 13.6. The number of nitrogens with one attached hydrogen (secondary N) is 1. The van der Waals surface area contributed by atoms with Gasteiger partial charge in [-0.25, -0.2) is 4.98 Å². The van der Waals surface area contributed by atoms with E-state index in [1.165, 1.54) is 16.9 Å². The molecular weight excluding hydrogens is 376 g/mol. The van der Waals surface area contributed by atoms with Gasteiger partial charge in [-0.1, -0.05) is 30.3 Å². The predicted octanol–water partition coefficient (Wildman–Crippen LogP) is 4.75. The molecule has 2 N–H and O–H groups in total. The molecule has 142 valence electrons. The lowest BCUT2D eigenvalue weighted by atomic mass is 10.1. The van der Waals surface area contributed by atoms with E-state index in [9.17, 15) is 9.90 Å². The number of anilines is 1. The summed E-state index contributed by atoms with van der Waals surface area (Å²) in [5.74, 6) is -0.0984. The molecule has 0 aliphatic carbocycles. The Labute approximate surface area is 165 Å². The van der Waals surface area contributed by atoms with Crippen molar-refractivity contribution in [1.29, 1.82) is 0 Å². The summed E-state index contributed by atoms with van der Waals surface area (Å²) >= 11 is 1.42. The van der Waals surface area contributed by atoms with Gasteiger partial charge in [0.05, 0.1) is 10.6 Å². The van der Waals surface area contributed by atoms with Crippen molar-refractivity contribution in [3.8, 4) is 16.2 Å². The molecular formula is C21H18N2O4S. The molecule has 28 heavy (non-hydrogen) atoms. The number of amides is 1. The van der Waals surface area contributed by atoms with Crippen LogP contribution >= 0.6 is 11.3 Å². The molecule has 4 rings (SSSR count). The smallest absolute Gasteiger partial charge is 0.311 e. The summed E-state index contributed by atoms with van der Waals surface area (Å²) in [6.45, 7) is 3.58. The molecule has 4 aromatic rings. The first-order valence-corrected chi connectivity index (χ1v) is 9.54. The van der Waals surface area contributed by atoms with E-state index >= 15 is 0 Å². The molecule has 1 amide bonds. The number of carbonyl (C=O) groups excluding carboxylic acids is 1. The van der Waals surface area contributed by atoms with Gasteiger partial charge in [-0.05, 0) is 42.7 Å². The van der Waals surface area contributed by atoms with E-state index in [0.29, 0.717) is 22.5 Å². The summed E-state index contributed by atoms with van der Waals surface area (Å²) in [5.41, 5.74) is 4.91. The van der Waals surface area contributed by atoms with Crippen molar-refractivity contribution in [2.45, 2.75) is 13.8 Å². The highest BCUT2D eigenvalue weighted by molar-refractivity contribution is 7.14. The topological polar surface area (TPSA) is 84.6 Å². The number of rotatable bonds is 5. The number of thiophene rings is 1. The van der Waals surface area contributed by atoms with Crippen LogP contribution in [0, 0.1) is 13.8 Å². The molecule has 0 atom stereocenters. The fraction of sp³-hybridized carbons (Fsp3) is 0.143. The van der Waals surface area contributed by atoms with Gasteiger partial charge >= 0.3 is 5.91 Å². The number of oxazole rings is 1. The van der Waals surface area contributed by atoms with Crippen molar-refractivity contribution in [3.05, 3.63) is 64.9 Å². The average molecular weight is 394 g/mol. The number of aromatic nitrogens is 1. The van der Waals surface area contributed by atoms with Crippen LogP contribution in [0.2, 0.25) is 0 Å². The summed E-state index contributed by atoms with van der Waals surface area (Å²) in [6, 6.07) is 13.2. The number of fused-ring (bicyclic) bond motifs is 1. The van der Waals surface area contributed by atoms with Crippen LogP contribution < -0.4 is 10.1 Å². The molecule has 6 nitrogen and oxygen atoms in total. The zero-order valence-electron chi connectivity index (χ0n) is 15.4. The van der Waals surface area contributed by atoms with Crippen molar-refractivity contribution in [2.24, 2.45) is 0 Å². The first kappa shape index (κ1) is 18.2. The number of aliphatic hydroxyl groups is 1. The maximum Gasteiger partial charge on any atom is 0.311 e. The summed E-state index contributed by atoms with van der Waals surface area (Å²) in [7, 11) is 0. The molecule has 2 heterocycles. The lowest BCUT2D eigenvalue weighted by molar-refractivity contribution is 0.0967. The second-order valence-electron chi connectivity index (χ2n) is 6.32. The van der Waals surface area contributed by atoms with E-state index in [-0.39, 0.29) is 5.89 Å². The molecule has 0 fully saturated rings. The van der Waals surface area contributed by atoms with Gasteiger partial charge in [0, 0.05) is 5.38 Å². The van der Waals surface area contributed by atoms with Crippen LogP contribution in [0.3, 0.4) is 0 Å². The minimum Gasteiger partial charge on any atom is -0.464 e. The monoisotopic (exact) mass is 394 g/mol. The maximum absolute atomic E-state index is 12.6. The number of carbonyl (C=O) groups is 1. The van der Waals surface area contributed by atoms with Gasteiger partial charge in [0.15, 0.2) is 18.1 Å². The van der Waals surface area contributed by atoms with E-state index in [0.717, 1.165) is 16.0 Å². The van der Waals surface area contributed by atoms with E-state index in [2.05, 4.69) is 16.4 Å². The summed E-state index contributed by atoms with van der Waals surface area (Å²) < 4.78 is 10.9. The predicted molar refractivity (Wildman–Crippen MR) is 109 cm³/mol. The molecule has 0 aliphatic heterocycles. The Bertz CT molecular complexity index is 1130. The molecule has 2 aromatic heterocycles. The summed E-state index contributed by atoms with van der Waals surface area (Å²) in [5, 5.41) is 13.9. The van der Waals surface area contributed by atoms with Crippen LogP contribution in [0.25, 0.3) is 21.5 Å². The molecule has 0 bridgehead atoms. The molecule has 0 aliphatic rings. The normalized spacial score (nSPS) is 11.0. The molecule has 7 heteroatoms. The third kappa shape index (κ3) is 3.37. The zero-order valence-corrected chi connectivity index (χ0v) is 16.2. The van der Waals surface area contributed by atoms with Crippen molar-refractivity contribution in [3.63, 3.8) is 0 Å². The molecule has 0 spiro atoms. The van der Waals surface area contributed by atoms with E-state index in [1.807, 2.05) is 38.1 Å². The number of hydrogen-bond acceptors (Lipinski definition) is 6. The van der Waals surface area contributed by atoms with E-state index in [1.54, 1.807) is 17.5 Å². The Kier molecular flexibility index (Phi) is 4.85.